The lowest BCUT2D eigenvalue weighted by molar-refractivity contribution is 0.0694. The number of rotatable bonds is 3. The molecular formula is C19H16N2O5. The molecule has 7 heteroatoms. The second-order valence-corrected chi connectivity index (χ2v) is 6.01. The highest BCUT2D eigenvalue weighted by Crippen LogP contribution is 2.30. The van der Waals surface area contributed by atoms with Gasteiger partial charge in [-0.3, -0.25) is 14.4 Å². The van der Waals surface area contributed by atoms with E-state index in [1.807, 2.05) is 0 Å². The van der Waals surface area contributed by atoms with Gasteiger partial charge in [0, 0.05) is 12.1 Å². The SMILES string of the molecule is COc1ccc(N2C(=O)c3ccc(C(=O)N4CCOC4)cc3C2=O)cc1. The Kier molecular flexibility index (Phi) is 3.93. The smallest absolute Gasteiger partial charge is 0.266 e. The zero-order valence-electron chi connectivity index (χ0n) is 14.1. The van der Waals surface area contributed by atoms with Crippen molar-refractivity contribution in [2.45, 2.75) is 0 Å². The highest BCUT2D eigenvalue weighted by molar-refractivity contribution is 6.34. The molecule has 0 bridgehead atoms. The Morgan fingerprint density at radius 2 is 1.77 bits per heavy atom. The summed E-state index contributed by atoms with van der Waals surface area (Å²) in [5, 5.41) is 0. The van der Waals surface area contributed by atoms with E-state index in [2.05, 4.69) is 0 Å². The summed E-state index contributed by atoms with van der Waals surface area (Å²) in [6, 6.07) is 11.2. The van der Waals surface area contributed by atoms with E-state index in [9.17, 15) is 14.4 Å². The van der Waals surface area contributed by atoms with Crippen LogP contribution in [0.4, 0.5) is 5.69 Å². The van der Waals surface area contributed by atoms with Crippen molar-refractivity contribution in [1.82, 2.24) is 4.90 Å². The van der Waals surface area contributed by atoms with Crippen LogP contribution in [-0.2, 0) is 4.74 Å². The van der Waals surface area contributed by atoms with E-state index in [1.165, 1.54) is 12.1 Å². The molecule has 132 valence electrons. The summed E-state index contributed by atoms with van der Waals surface area (Å²) in [5.74, 6) is -0.430. The summed E-state index contributed by atoms with van der Waals surface area (Å²) in [6.45, 7) is 1.25. The first-order chi connectivity index (χ1) is 12.6. The van der Waals surface area contributed by atoms with Crippen LogP contribution in [0.25, 0.3) is 0 Å². The number of methoxy groups -OCH3 is 1. The third kappa shape index (κ3) is 2.53. The molecule has 0 aliphatic carbocycles. The Bertz CT molecular complexity index is 901. The van der Waals surface area contributed by atoms with Crippen LogP contribution in [0.15, 0.2) is 42.5 Å². The maximum Gasteiger partial charge on any atom is 0.266 e. The van der Waals surface area contributed by atoms with Gasteiger partial charge in [-0.05, 0) is 42.5 Å². The Balaban J connectivity index is 1.66. The number of benzene rings is 2. The Morgan fingerprint density at radius 3 is 2.42 bits per heavy atom. The summed E-state index contributed by atoms with van der Waals surface area (Å²) >= 11 is 0. The van der Waals surface area contributed by atoms with Gasteiger partial charge in [-0.2, -0.15) is 0 Å². The van der Waals surface area contributed by atoms with Crippen LogP contribution >= 0.6 is 0 Å². The molecule has 0 radical (unpaired) electrons. The van der Waals surface area contributed by atoms with E-state index in [1.54, 1.807) is 42.3 Å². The van der Waals surface area contributed by atoms with Gasteiger partial charge in [-0.1, -0.05) is 0 Å². The minimum absolute atomic E-state index is 0.214. The van der Waals surface area contributed by atoms with Crippen molar-refractivity contribution in [3.8, 4) is 5.75 Å². The van der Waals surface area contributed by atoms with Crippen molar-refractivity contribution >= 4 is 23.4 Å². The summed E-state index contributed by atoms with van der Waals surface area (Å²) in [4.78, 5) is 40.6. The summed E-state index contributed by atoms with van der Waals surface area (Å²) in [6.07, 6.45) is 0. The van der Waals surface area contributed by atoms with Crippen molar-refractivity contribution in [1.29, 1.82) is 0 Å². The molecule has 3 amide bonds. The van der Waals surface area contributed by atoms with Gasteiger partial charge < -0.3 is 14.4 Å². The fourth-order valence-electron chi connectivity index (χ4n) is 3.10. The number of amides is 3. The van der Waals surface area contributed by atoms with E-state index in [0.29, 0.717) is 35.7 Å². The summed E-state index contributed by atoms with van der Waals surface area (Å²) < 4.78 is 10.3. The van der Waals surface area contributed by atoms with Crippen LogP contribution in [0, 0.1) is 0 Å². The molecule has 4 rings (SSSR count). The molecule has 2 aromatic carbocycles. The summed E-state index contributed by atoms with van der Waals surface area (Å²) in [5.41, 5.74) is 1.35. The highest BCUT2D eigenvalue weighted by Gasteiger charge is 2.37. The van der Waals surface area contributed by atoms with Crippen molar-refractivity contribution in [2.75, 3.05) is 31.9 Å². The number of nitrogens with zero attached hydrogens (tertiary/aromatic N) is 2. The zero-order valence-corrected chi connectivity index (χ0v) is 14.1. The lowest BCUT2D eigenvalue weighted by Crippen LogP contribution is -2.29. The van der Waals surface area contributed by atoms with Crippen LogP contribution in [0.5, 0.6) is 5.75 Å². The first kappa shape index (κ1) is 16.3. The maximum atomic E-state index is 12.8. The van der Waals surface area contributed by atoms with E-state index in [-0.39, 0.29) is 18.2 Å². The quantitative estimate of drug-likeness (QED) is 0.789. The first-order valence-corrected chi connectivity index (χ1v) is 8.14. The molecule has 0 atom stereocenters. The molecule has 0 unspecified atom stereocenters. The van der Waals surface area contributed by atoms with Gasteiger partial charge in [0.15, 0.2) is 0 Å². The lowest BCUT2D eigenvalue weighted by atomic mass is 10.1. The van der Waals surface area contributed by atoms with E-state index < -0.39 is 11.8 Å². The summed E-state index contributed by atoms with van der Waals surface area (Å²) in [7, 11) is 1.54. The molecule has 2 heterocycles. The van der Waals surface area contributed by atoms with Gasteiger partial charge in [-0.15, -0.1) is 0 Å². The number of fused-ring (bicyclic) bond motifs is 1. The number of ether oxygens (including phenoxy) is 2. The molecule has 2 aliphatic rings. The Hall–Kier alpha value is -3.19. The van der Waals surface area contributed by atoms with Gasteiger partial charge >= 0.3 is 0 Å². The highest BCUT2D eigenvalue weighted by atomic mass is 16.5. The molecule has 1 saturated heterocycles. The van der Waals surface area contributed by atoms with Gasteiger partial charge in [0.2, 0.25) is 0 Å². The third-order valence-corrected chi connectivity index (χ3v) is 4.50. The molecule has 0 saturated carbocycles. The zero-order chi connectivity index (χ0) is 18.3. The Morgan fingerprint density at radius 1 is 1.04 bits per heavy atom. The molecular weight excluding hydrogens is 336 g/mol. The normalized spacial score (nSPS) is 16.2. The van der Waals surface area contributed by atoms with Crippen molar-refractivity contribution in [3.05, 3.63) is 59.2 Å². The average Bonchev–Trinajstić information content (AvgIpc) is 3.29. The van der Waals surface area contributed by atoms with Crippen LogP contribution < -0.4 is 9.64 Å². The van der Waals surface area contributed by atoms with Crippen LogP contribution in [0.3, 0.4) is 0 Å². The van der Waals surface area contributed by atoms with E-state index >= 15 is 0 Å². The van der Waals surface area contributed by atoms with Crippen LogP contribution in [-0.4, -0.2) is 49.6 Å². The fourth-order valence-corrected chi connectivity index (χ4v) is 3.10. The second kappa shape index (κ2) is 6.27. The first-order valence-electron chi connectivity index (χ1n) is 8.14. The molecule has 0 aromatic heterocycles. The van der Waals surface area contributed by atoms with Gasteiger partial charge in [-0.25, -0.2) is 4.90 Å². The van der Waals surface area contributed by atoms with Gasteiger partial charge in [0.25, 0.3) is 17.7 Å². The third-order valence-electron chi connectivity index (χ3n) is 4.50. The number of hydrogen-bond acceptors (Lipinski definition) is 5. The molecule has 7 nitrogen and oxygen atoms in total. The number of imide groups is 1. The number of carbonyl (C=O) groups excluding carboxylic acids is 3. The largest absolute Gasteiger partial charge is 0.497 e. The molecule has 26 heavy (non-hydrogen) atoms. The van der Waals surface area contributed by atoms with Gasteiger partial charge in [0.1, 0.15) is 12.5 Å². The molecule has 0 N–H and O–H groups in total. The van der Waals surface area contributed by atoms with Gasteiger partial charge in [0.05, 0.1) is 30.5 Å². The average molecular weight is 352 g/mol. The molecule has 2 aliphatic heterocycles. The molecule has 0 spiro atoms. The lowest BCUT2D eigenvalue weighted by Gasteiger charge is -2.14. The predicted molar refractivity (Wildman–Crippen MR) is 92.4 cm³/mol. The van der Waals surface area contributed by atoms with Crippen LogP contribution in [0.1, 0.15) is 31.1 Å². The van der Waals surface area contributed by atoms with Crippen molar-refractivity contribution in [2.24, 2.45) is 0 Å². The second-order valence-electron chi connectivity index (χ2n) is 6.01. The van der Waals surface area contributed by atoms with Crippen LogP contribution in [0.2, 0.25) is 0 Å². The Labute approximate surface area is 149 Å². The molecule has 1 fully saturated rings. The maximum absolute atomic E-state index is 12.8. The number of anilines is 1. The minimum Gasteiger partial charge on any atom is -0.497 e. The predicted octanol–water partition coefficient (Wildman–Crippen LogP) is 1.93. The van der Waals surface area contributed by atoms with Crippen molar-refractivity contribution < 1.29 is 23.9 Å². The fraction of sp³-hybridized carbons (Fsp3) is 0.211. The molecule has 2 aromatic rings. The van der Waals surface area contributed by atoms with E-state index in [0.717, 1.165) is 4.90 Å². The topological polar surface area (TPSA) is 76.2 Å². The van der Waals surface area contributed by atoms with E-state index in [4.69, 9.17) is 9.47 Å². The standard InChI is InChI=1S/C19H16N2O5/c1-25-14-5-3-13(4-6-14)21-18(23)15-7-2-12(10-16(15)19(21)24)17(22)20-8-9-26-11-20/h2-7,10H,8-9,11H2,1H3. The monoisotopic (exact) mass is 352 g/mol. The number of carbonyl (C=O) groups is 3. The number of hydrogen-bond donors (Lipinski definition) is 0. The van der Waals surface area contributed by atoms with Crippen molar-refractivity contribution in [3.63, 3.8) is 0 Å². The minimum atomic E-state index is -0.442.